The van der Waals surface area contributed by atoms with E-state index in [2.05, 4.69) is 122 Å². The zero-order valence-electron chi connectivity index (χ0n) is 27.9. The maximum absolute atomic E-state index is 6.82. The van der Waals surface area contributed by atoms with Crippen LogP contribution in [0.1, 0.15) is 0 Å². The second-order valence-electron chi connectivity index (χ2n) is 14.0. The Morgan fingerprint density at radius 3 is 1.94 bits per heavy atom. The minimum absolute atomic E-state index is 0.608. The van der Waals surface area contributed by atoms with Gasteiger partial charge < -0.3 is 8.83 Å². The maximum Gasteiger partial charge on any atom is 0.164 e. The van der Waals surface area contributed by atoms with Crippen LogP contribution in [0.2, 0.25) is 13.1 Å². The number of benzene rings is 7. The average Bonchev–Trinajstić information content (AvgIpc) is 3.82. The normalized spacial score (nSPS) is 13.5. The Morgan fingerprint density at radius 2 is 1.08 bits per heavy atom. The first-order valence-corrected chi connectivity index (χ1v) is 20.3. The van der Waals surface area contributed by atoms with E-state index in [9.17, 15) is 0 Å². The van der Waals surface area contributed by atoms with Crippen molar-refractivity contribution in [3.8, 4) is 45.3 Å². The number of hydrogen-bond acceptors (Lipinski definition) is 5. The first-order chi connectivity index (χ1) is 25.0. The summed E-state index contributed by atoms with van der Waals surface area (Å²) in [6.45, 7) is 4.86. The minimum atomic E-state index is -2.09. The SMILES string of the molecule is C[Si]1(C)c2ccccc2-c2c1cc(-c1nc(-c3ccc4oc5ccccc5c4c3)nc(-c3cccc4ccccc34)n1)c1c2oc2ccccc21. The van der Waals surface area contributed by atoms with Crippen molar-refractivity contribution in [2.45, 2.75) is 13.1 Å². The fourth-order valence-electron chi connectivity index (χ4n) is 8.26. The van der Waals surface area contributed by atoms with Crippen LogP contribution in [0, 0.1) is 0 Å². The zero-order valence-corrected chi connectivity index (χ0v) is 28.9. The van der Waals surface area contributed by atoms with Crippen LogP contribution in [0.4, 0.5) is 0 Å². The number of furan rings is 2. The van der Waals surface area contributed by atoms with Crippen LogP contribution in [0.5, 0.6) is 0 Å². The fraction of sp³-hybridized carbons (Fsp3) is 0.0444. The molecule has 0 atom stereocenters. The highest BCUT2D eigenvalue weighted by molar-refractivity contribution is 7.04. The first-order valence-electron chi connectivity index (χ1n) is 17.3. The molecule has 3 aromatic heterocycles. The van der Waals surface area contributed by atoms with Gasteiger partial charge in [-0.3, -0.25) is 0 Å². The molecular weight excluding hydrogens is 643 g/mol. The minimum Gasteiger partial charge on any atom is -0.456 e. The Balaban J connectivity index is 1.25. The van der Waals surface area contributed by atoms with Crippen molar-refractivity contribution in [2.75, 3.05) is 0 Å². The Kier molecular flexibility index (Phi) is 5.76. The predicted octanol–water partition coefficient (Wildman–Crippen LogP) is 10.6. The van der Waals surface area contributed by atoms with E-state index in [1.807, 2.05) is 30.3 Å². The Hall–Kier alpha value is -6.37. The number of para-hydroxylation sites is 2. The van der Waals surface area contributed by atoms with E-state index in [4.69, 9.17) is 23.8 Å². The molecule has 6 heteroatoms. The van der Waals surface area contributed by atoms with Gasteiger partial charge in [-0.05, 0) is 63.1 Å². The number of hydrogen-bond donors (Lipinski definition) is 0. The lowest BCUT2D eigenvalue weighted by Gasteiger charge is -2.19. The molecule has 0 spiro atoms. The molecule has 0 aliphatic carbocycles. The summed E-state index contributed by atoms with van der Waals surface area (Å²) in [5.74, 6) is 1.86. The summed E-state index contributed by atoms with van der Waals surface area (Å²) in [4.78, 5) is 15.9. The zero-order chi connectivity index (χ0) is 33.8. The van der Waals surface area contributed by atoms with E-state index in [0.29, 0.717) is 17.5 Å². The monoisotopic (exact) mass is 671 g/mol. The summed E-state index contributed by atoms with van der Waals surface area (Å²) in [7, 11) is -2.09. The molecule has 4 heterocycles. The van der Waals surface area contributed by atoms with E-state index in [0.717, 1.165) is 71.3 Å². The molecule has 10 aromatic rings. The molecule has 240 valence electrons. The van der Waals surface area contributed by atoms with Crippen LogP contribution in [0.15, 0.2) is 148 Å². The van der Waals surface area contributed by atoms with Gasteiger partial charge in [0, 0.05) is 43.8 Å². The number of fused-ring (bicyclic) bond motifs is 11. The molecule has 0 saturated heterocycles. The van der Waals surface area contributed by atoms with Gasteiger partial charge in [-0.25, -0.2) is 15.0 Å². The highest BCUT2D eigenvalue weighted by Crippen LogP contribution is 2.44. The number of rotatable bonds is 3. The van der Waals surface area contributed by atoms with Gasteiger partial charge in [0.1, 0.15) is 30.4 Å². The molecule has 7 aromatic carbocycles. The Bertz CT molecular complexity index is 3080. The summed E-state index contributed by atoms with van der Waals surface area (Å²) in [5.41, 5.74) is 8.74. The maximum atomic E-state index is 6.82. The molecule has 51 heavy (non-hydrogen) atoms. The second-order valence-corrected chi connectivity index (χ2v) is 18.3. The van der Waals surface area contributed by atoms with Crippen LogP contribution >= 0.6 is 0 Å². The van der Waals surface area contributed by atoms with E-state index < -0.39 is 8.07 Å². The standard InChI is InChI=1S/C45H29N3O2Si/c1-51(2)38-21-10-7-17-32(38)41-39(51)25-34(40-31-16-6-9-20-36(31)50-42(40)41)45-47-43(27-22-23-37-33(24-27)29-15-5-8-19-35(29)49-37)46-44(48-45)30-18-11-13-26-12-3-4-14-28(26)30/h3-25H,1-2H3. The van der Waals surface area contributed by atoms with Gasteiger partial charge in [0.2, 0.25) is 0 Å². The molecule has 0 radical (unpaired) electrons. The van der Waals surface area contributed by atoms with Gasteiger partial charge in [-0.1, -0.05) is 116 Å². The molecule has 1 aliphatic heterocycles. The van der Waals surface area contributed by atoms with Crippen molar-refractivity contribution >= 4 is 73.1 Å². The van der Waals surface area contributed by atoms with Crippen molar-refractivity contribution in [1.29, 1.82) is 0 Å². The molecule has 0 bridgehead atoms. The van der Waals surface area contributed by atoms with Crippen molar-refractivity contribution in [3.63, 3.8) is 0 Å². The summed E-state index contributed by atoms with van der Waals surface area (Å²) in [5, 5.41) is 9.17. The smallest absolute Gasteiger partial charge is 0.164 e. The van der Waals surface area contributed by atoms with Crippen LogP contribution in [0.25, 0.3) is 99.9 Å². The molecule has 0 N–H and O–H groups in total. The molecule has 0 saturated carbocycles. The summed E-state index contributed by atoms with van der Waals surface area (Å²) in [6, 6.07) is 48.6. The Labute approximate surface area is 293 Å². The predicted molar refractivity (Wildman–Crippen MR) is 210 cm³/mol. The lowest BCUT2D eigenvalue weighted by Crippen LogP contribution is -2.49. The second kappa shape index (κ2) is 10.3. The Morgan fingerprint density at radius 1 is 0.451 bits per heavy atom. The van der Waals surface area contributed by atoms with Gasteiger partial charge in [-0.15, -0.1) is 0 Å². The third-order valence-corrected chi connectivity index (χ3v) is 14.3. The van der Waals surface area contributed by atoms with Gasteiger partial charge in [0.25, 0.3) is 0 Å². The van der Waals surface area contributed by atoms with E-state index >= 15 is 0 Å². The molecule has 11 rings (SSSR count). The third-order valence-electron chi connectivity index (χ3n) is 10.7. The van der Waals surface area contributed by atoms with Gasteiger partial charge in [0.15, 0.2) is 17.5 Å². The van der Waals surface area contributed by atoms with Crippen molar-refractivity contribution in [1.82, 2.24) is 15.0 Å². The van der Waals surface area contributed by atoms with Crippen molar-refractivity contribution < 1.29 is 8.83 Å². The molecule has 0 unspecified atom stereocenters. The molecule has 0 fully saturated rings. The highest BCUT2D eigenvalue weighted by atomic mass is 28.3. The van der Waals surface area contributed by atoms with Crippen LogP contribution in [-0.4, -0.2) is 23.0 Å². The number of nitrogens with zero attached hydrogens (tertiary/aromatic N) is 3. The number of aromatic nitrogens is 3. The average molecular weight is 672 g/mol. The van der Waals surface area contributed by atoms with Crippen molar-refractivity contribution in [2.24, 2.45) is 0 Å². The topological polar surface area (TPSA) is 65.0 Å². The van der Waals surface area contributed by atoms with E-state index in [-0.39, 0.29) is 0 Å². The lowest BCUT2D eigenvalue weighted by molar-refractivity contribution is 0.669. The lowest BCUT2D eigenvalue weighted by atomic mass is 9.98. The van der Waals surface area contributed by atoms with Crippen LogP contribution in [-0.2, 0) is 0 Å². The molecule has 0 amide bonds. The first kappa shape index (κ1) is 28.5. The fourth-order valence-corrected chi connectivity index (χ4v) is 11.3. The van der Waals surface area contributed by atoms with Gasteiger partial charge in [-0.2, -0.15) is 0 Å². The van der Waals surface area contributed by atoms with Crippen LogP contribution in [0.3, 0.4) is 0 Å². The summed E-state index contributed by atoms with van der Waals surface area (Å²) >= 11 is 0. The quantitative estimate of drug-likeness (QED) is 0.175. The van der Waals surface area contributed by atoms with Crippen molar-refractivity contribution in [3.05, 3.63) is 140 Å². The van der Waals surface area contributed by atoms with E-state index in [1.54, 1.807) is 0 Å². The summed E-state index contributed by atoms with van der Waals surface area (Å²) < 4.78 is 13.0. The molecule has 1 aliphatic rings. The van der Waals surface area contributed by atoms with Gasteiger partial charge >= 0.3 is 0 Å². The van der Waals surface area contributed by atoms with Crippen LogP contribution < -0.4 is 10.4 Å². The molecule has 5 nitrogen and oxygen atoms in total. The highest BCUT2D eigenvalue weighted by Gasteiger charge is 2.40. The summed E-state index contributed by atoms with van der Waals surface area (Å²) in [6.07, 6.45) is 0. The largest absolute Gasteiger partial charge is 0.456 e. The van der Waals surface area contributed by atoms with Gasteiger partial charge in [0.05, 0.1) is 0 Å². The molecular formula is C45H29N3O2Si. The van der Waals surface area contributed by atoms with E-state index in [1.165, 1.54) is 21.5 Å². The third kappa shape index (κ3) is 4.05.